The summed E-state index contributed by atoms with van der Waals surface area (Å²) in [4.78, 5) is 93.5. The molecule has 17 heteroatoms. The number of hydrogen-bond acceptors (Lipinski definition) is 17. The number of ether oxygens (including phenoxy) is 9. The Bertz CT molecular complexity index is 1670. The maximum Gasteiger partial charge on any atom is 0.344 e. The highest BCUT2D eigenvalue weighted by Gasteiger charge is 2.65. The minimum Gasteiger partial charge on any atom is -0.458 e. The molecule has 11 atom stereocenters. The van der Waals surface area contributed by atoms with Crippen molar-refractivity contribution in [1.29, 1.82) is 0 Å². The molecule has 5 aliphatic heterocycles. The van der Waals surface area contributed by atoms with Crippen molar-refractivity contribution in [3.05, 3.63) is 0 Å². The molecule has 17 nitrogen and oxygen atoms in total. The molecule has 2 aliphatic carbocycles. The Morgan fingerprint density at radius 2 is 0.983 bits per heavy atom. The zero-order valence-electron chi connectivity index (χ0n) is 36.3. The van der Waals surface area contributed by atoms with Crippen molar-refractivity contribution in [2.75, 3.05) is 13.2 Å². The van der Waals surface area contributed by atoms with Gasteiger partial charge < -0.3 is 42.6 Å². The van der Waals surface area contributed by atoms with Gasteiger partial charge in [0.05, 0.1) is 40.1 Å². The fraction of sp³-hybridized carbons (Fsp3) is 0.814. The molecule has 0 aromatic heterocycles. The predicted molar refractivity (Wildman–Crippen MR) is 205 cm³/mol. The van der Waals surface area contributed by atoms with E-state index < -0.39 is 71.6 Å². The normalized spacial score (nSPS) is 31.9. The van der Waals surface area contributed by atoms with Gasteiger partial charge >= 0.3 is 47.8 Å². The van der Waals surface area contributed by atoms with E-state index in [9.17, 15) is 38.4 Å². The highest BCUT2D eigenvalue weighted by atomic mass is 16.7. The molecule has 2 saturated carbocycles. The van der Waals surface area contributed by atoms with Crippen molar-refractivity contribution in [3.8, 4) is 0 Å². The smallest absolute Gasteiger partial charge is 0.344 e. The van der Waals surface area contributed by atoms with E-state index in [0.29, 0.717) is 44.9 Å². The lowest BCUT2D eigenvalue weighted by Crippen LogP contribution is -2.41. The van der Waals surface area contributed by atoms with Gasteiger partial charge in [0.1, 0.15) is 30.5 Å². The highest BCUT2D eigenvalue weighted by Crippen LogP contribution is 2.47. The third-order valence-corrected chi connectivity index (χ3v) is 13.2. The molecule has 5 heterocycles. The summed E-state index contributed by atoms with van der Waals surface area (Å²) in [6.07, 6.45) is 3.67. The largest absolute Gasteiger partial charge is 0.458 e. The van der Waals surface area contributed by atoms with Gasteiger partial charge in [0.25, 0.3) is 0 Å². The lowest BCUT2D eigenvalue weighted by atomic mass is 9.87. The first-order chi connectivity index (χ1) is 28.1. The van der Waals surface area contributed by atoms with E-state index in [0.717, 1.165) is 19.3 Å². The summed E-state index contributed by atoms with van der Waals surface area (Å²) in [7, 11) is 0. The molecule has 7 rings (SSSR count). The number of esters is 8. The monoisotopic (exact) mass is 850 g/mol. The molecule has 0 aromatic carbocycles. The van der Waals surface area contributed by atoms with E-state index >= 15 is 0 Å². The van der Waals surface area contributed by atoms with Crippen LogP contribution in [0.3, 0.4) is 0 Å². The van der Waals surface area contributed by atoms with Gasteiger partial charge in [-0.05, 0) is 92.9 Å². The highest BCUT2D eigenvalue weighted by molar-refractivity contribution is 5.81. The van der Waals surface area contributed by atoms with E-state index in [2.05, 4.69) is 0 Å². The molecule has 7 aliphatic rings. The van der Waals surface area contributed by atoms with E-state index in [1.54, 1.807) is 27.7 Å². The second-order valence-corrected chi connectivity index (χ2v) is 18.6. The van der Waals surface area contributed by atoms with Gasteiger partial charge in [-0.2, -0.15) is 0 Å². The topological polar surface area (TPSA) is 220 Å². The average Bonchev–Trinajstić information content (AvgIpc) is 3.99. The number of carbonyl (C=O) groups excluding carboxylic acids is 8. The molecular weight excluding hydrogens is 788 g/mol. The molecule has 0 radical (unpaired) electrons. The van der Waals surface area contributed by atoms with Crippen LogP contribution in [0.4, 0.5) is 0 Å². The minimum absolute atomic E-state index is 0.0362. The number of hydrogen-bond donors (Lipinski definition) is 0. The molecule has 11 unspecified atom stereocenters. The molecule has 7 fully saturated rings. The lowest BCUT2D eigenvalue weighted by molar-refractivity contribution is -0.172. The Labute approximate surface area is 350 Å². The molecule has 0 N–H and O–H groups in total. The Hall–Kier alpha value is -4.28. The molecule has 6 bridgehead atoms. The van der Waals surface area contributed by atoms with Gasteiger partial charge in [-0.15, -0.1) is 0 Å². The molecule has 5 saturated heterocycles. The van der Waals surface area contributed by atoms with Gasteiger partial charge in [0, 0.05) is 12.8 Å². The second-order valence-electron chi connectivity index (χ2n) is 18.6. The molecule has 0 aromatic rings. The number of rotatable bonds is 13. The summed E-state index contributed by atoms with van der Waals surface area (Å²) < 4.78 is 47.3. The van der Waals surface area contributed by atoms with E-state index in [1.807, 2.05) is 34.6 Å². The third-order valence-electron chi connectivity index (χ3n) is 13.2. The van der Waals surface area contributed by atoms with E-state index in [1.165, 1.54) is 0 Å². The van der Waals surface area contributed by atoms with Crippen LogP contribution in [0.15, 0.2) is 0 Å². The van der Waals surface area contributed by atoms with Crippen molar-refractivity contribution >= 4 is 47.8 Å². The first-order valence-electron chi connectivity index (χ1n) is 21.3. The third kappa shape index (κ3) is 10.6. The van der Waals surface area contributed by atoms with Crippen molar-refractivity contribution in [2.45, 2.75) is 175 Å². The van der Waals surface area contributed by atoms with Crippen molar-refractivity contribution in [3.63, 3.8) is 0 Å². The van der Waals surface area contributed by atoms with Gasteiger partial charge in [-0.3, -0.25) is 28.8 Å². The summed E-state index contributed by atoms with van der Waals surface area (Å²) in [5.41, 5.74) is -1.71. The van der Waals surface area contributed by atoms with E-state index in [4.69, 9.17) is 42.6 Å². The van der Waals surface area contributed by atoms with Crippen molar-refractivity contribution in [2.24, 2.45) is 34.0 Å². The Morgan fingerprint density at radius 3 is 1.47 bits per heavy atom. The number of carbonyl (C=O) groups is 8. The van der Waals surface area contributed by atoms with Crippen LogP contribution in [0, 0.1) is 34.0 Å². The summed E-state index contributed by atoms with van der Waals surface area (Å²) in [5.74, 6) is -3.14. The Balaban J connectivity index is 0.000000172. The van der Waals surface area contributed by atoms with Gasteiger partial charge in [-0.1, -0.05) is 20.8 Å². The molecule has 0 spiro atoms. The van der Waals surface area contributed by atoms with E-state index in [-0.39, 0.29) is 72.2 Å². The molecule has 60 heavy (non-hydrogen) atoms. The van der Waals surface area contributed by atoms with Crippen LogP contribution in [-0.4, -0.2) is 110 Å². The van der Waals surface area contributed by atoms with Gasteiger partial charge in [-0.25, -0.2) is 9.59 Å². The second kappa shape index (κ2) is 18.8. The minimum atomic E-state index is -0.652. The first kappa shape index (κ1) is 46.8. The zero-order chi connectivity index (χ0) is 44.3. The van der Waals surface area contributed by atoms with Crippen LogP contribution in [0.1, 0.15) is 127 Å². The quantitative estimate of drug-likeness (QED) is 0.187. The van der Waals surface area contributed by atoms with Crippen molar-refractivity contribution in [1.82, 2.24) is 0 Å². The fourth-order valence-corrected chi connectivity index (χ4v) is 7.78. The summed E-state index contributed by atoms with van der Waals surface area (Å²) in [6.45, 7) is 15.7. The Morgan fingerprint density at radius 1 is 0.533 bits per heavy atom. The number of fused-ring (bicyclic) bond motifs is 5. The van der Waals surface area contributed by atoms with Crippen LogP contribution in [0.25, 0.3) is 0 Å². The van der Waals surface area contributed by atoms with Gasteiger partial charge in [0.2, 0.25) is 0 Å². The predicted octanol–water partition coefficient (Wildman–Crippen LogP) is 4.25. The summed E-state index contributed by atoms with van der Waals surface area (Å²) in [5, 5.41) is 0. The zero-order valence-corrected chi connectivity index (χ0v) is 36.3. The summed E-state index contributed by atoms with van der Waals surface area (Å²) in [6, 6.07) is 0. The standard InChI is InChI=1S/C15H20O7.C15H22O6.C13H20O4/c1-4-15(2,3)14(18)19-6-9(16)21-11-8-5-7-10(20-8)12(11)22-13(7)17;1-4-15(2,3)14(18)19-8-12(16)20-10-6-5-9-7-11(10)21-13(9)17;1-4-13(2,3)12(15)17-9-6-5-8-7-10(9)16-11(8)14/h7-8,10-12H,4-6H2,1-3H3;9-11H,4-8H2,1-3H3;8-10H,4-7H2,1-3H3. The molecule has 336 valence electrons. The van der Waals surface area contributed by atoms with Crippen LogP contribution in [0.5, 0.6) is 0 Å². The van der Waals surface area contributed by atoms with Crippen molar-refractivity contribution < 1.29 is 81.0 Å². The van der Waals surface area contributed by atoms with Crippen LogP contribution in [-0.2, 0) is 81.0 Å². The van der Waals surface area contributed by atoms with Crippen LogP contribution >= 0.6 is 0 Å². The molecular formula is C43H62O17. The summed E-state index contributed by atoms with van der Waals surface area (Å²) >= 11 is 0. The van der Waals surface area contributed by atoms with Crippen LogP contribution in [0.2, 0.25) is 0 Å². The fourth-order valence-electron chi connectivity index (χ4n) is 7.78. The maximum atomic E-state index is 12.0. The lowest BCUT2D eigenvalue weighted by Gasteiger charge is -2.29. The van der Waals surface area contributed by atoms with Gasteiger partial charge in [0.15, 0.2) is 25.4 Å². The SMILES string of the molecule is CCC(C)(C)C(=O)OC1CCC2CC1OC2=O.CCC(C)(C)C(=O)OCC(=O)OC1C2CC3C(=O)OC1C3O2.CCC(C)(C)C(=O)OCC(=O)OC1CCC2CC1OC2=O. The molecule has 0 amide bonds. The average molecular weight is 851 g/mol. The van der Waals surface area contributed by atoms with Crippen LogP contribution < -0.4 is 0 Å². The first-order valence-corrected chi connectivity index (χ1v) is 21.3. The Kier molecular flexibility index (Phi) is 14.6. The maximum absolute atomic E-state index is 12.0.